The van der Waals surface area contributed by atoms with Crippen molar-refractivity contribution >= 4 is 21.6 Å². The number of hydrogen-bond acceptors (Lipinski definition) is 4. The number of carbonyl (C=O) groups is 2. The standard InChI is InChI=1S/C25H29NO4S/c1-3-30-25(28)26-31(29,21-12-10-17(2)11-13-21)16-20(27)15-24-22-8-4-6-18(22)14-19-7-5-9-23(19)24/h10-14H,3-9,15-16H2,1-2H3. The molecule has 0 spiro atoms. The number of carbonyl (C=O) groups excluding carboxylic acids is 2. The van der Waals surface area contributed by atoms with Gasteiger partial charge in [0.25, 0.3) is 0 Å². The van der Waals surface area contributed by atoms with Crippen molar-refractivity contribution in [2.24, 2.45) is 4.36 Å². The lowest BCUT2D eigenvalue weighted by Crippen LogP contribution is -2.21. The predicted molar refractivity (Wildman–Crippen MR) is 121 cm³/mol. The van der Waals surface area contributed by atoms with Crippen molar-refractivity contribution in [3.63, 3.8) is 0 Å². The van der Waals surface area contributed by atoms with Gasteiger partial charge in [0, 0.05) is 11.3 Å². The summed E-state index contributed by atoms with van der Waals surface area (Å²) >= 11 is 0. The van der Waals surface area contributed by atoms with Gasteiger partial charge in [-0.3, -0.25) is 4.79 Å². The molecule has 2 aromatic carbocycles. The fraction of sp³-hybridized carbons (Fsp3) is 0.440. The molecule has 6 heteroatoms. The monoisotopic (exact) mass is 439 g/mol. The summed E-state index contributed by atoms with van der Waals surface area (Å²) < 4.78 is 22.5. The van der Waals surface area contributed by atoms with Crippen LogP contribution < -0.4 is 0 Å². The van der Waals surface area contributed by atoms with Crippen molar-refractivity contribution in [2.75, 3.05) is 12.4 Å². The zero-order chi connectivity index (χ0) is 22.0. The summed E-state index contributed by atoms with van der Waals surface area (Å²) in [6.07, 6.45) is 5.77. The number of nitrogens with zero attached hydrogens (tertiary/aromatic N) is 1. The van der Waals surface area contributed by atoms with Crippen LogP contribution in [0, 0.1) is 6.92 Å². The van der Waals surface area contributed by atoms with Gasteiger partial charge in [0.1, 0.15) is 0 Å². The lowest BCUT2D eigenvalue weighted by Gasteiger charge is -2.16. The van der Waals surface area contributed by atoms with Crippen LogP contribution in [0.2, 0.25) is 0 Å². The van der Waals surface area contributed by atoms with Crippen LogP contribution in [0.4, 0.5) is 4.79 Å². The van der Waals surface area contributed by atoms with E-state index in [0.29, 0.717) is 4.90 Å². The van der Waals surface area contributed by atoms with Crippen LogP contribution in [0.5, 0.6) is 0 Å². The minimum Gasteiger partial charge on any atom is -0.448 e. The van der Waals surface area contributed by atoms with Crippen LogP contribution >= 0.6 is 0 Å². The number of benzene rings is 2. The molecule has 0 fully saturated rings. The van der Waals surface area contributed by atoms with Gasteiger partial charge in [-0.15, -0.1) is 4.36 Å². The first kappa shape index (κ1) is 21.8. The van der Waals surface area contributed by atoms with E-state index in [1.54, 1.807) is 19.1 Å². The van der Waals surface area contributed by atoms with E-state index in [-0.39, 0.29) is 24.6 Å². The number of rotatable bonds is 6. The van der Waals surface area contributed by atoms with E-state index in [1.165, 1.54) is 22.3 Å². The maximum atomic E-state index is 13.8. The Kier molecular flexibility index (Phi) is 6.28. The Balaban J connectivity index is 1.66. The average molecular weight is 440 g/mol. The Hall–Kier alpha value is -2.47. The minimum absolute atomic E-state index is 0.141. The SMILES string of the molecule is CCOC(=O)N=S(=O)(CC(=O)Cc1c2c(cc3c1CCC3)CCC2)c1ccc(C)cc1. The Morgan fingerprint density at radius 2 is 1.61 bits per heavy atom. The van der Waals surface area contributed by atoms with E-state index >= 15 is 0 Å². The van der Waals surface area contributed by atoms with E-state index in [9.17, 15) is 13.8 Å². The molecule has 0 N–H and O–H groups in total. The van der Waals surface area contributed by atoms with Gasteiger partial charge in [-0.2, -0.15) is 0 Å². The Bertz CT molecular complexity index is 1110. The molecular weight excluding hydrogens is 410 g/mol. The molecule has 0 heterocycles. The molecule has 2 aliphatic carbocycles. The molecule has 1 atom stereocenters. The number of ketones is 1. The van der Waals surface area contributed by atoms with Gasteiger partial charge in [0.05, 0.1) is 22.1 Å². The molecule has 0 saturated heterocycles. The molecular formula is C25H29NO4S. The van der Waals surface area contributed by atoms with Crippen molar-refractivity contribution in [2.45, 2.75) is 63.7 Å². The van der Waals surface area contributed by atoms with Gasteiger partial charge < -0.3 is 4.74 Å². The van der Waals surface area contributed by atoms with Crippen molar-refractivity contribution in [3.8, 4) is 0 Å². The maximum Gasteiger partial charge on any atom is 0.442 e. The largest absolute Gasteiger partial charge is 0.448 e. The normalized spacial score (nSPS) is 16.3. The average Bonchev–Trinajstić information content (AvgIpc) is 3.37. The second kappa shape index (κ2) is 8.95. The lowest BCUT2D eigenvalue weighted by atomic mass is 9.91. The molecule has 4 rings (SSSR count). The van der Waals surface area contributed by atoms with Crippen LogP contribution in [0.25, 0.3) is 0 Å². The van der Waals surface area contributed by atoms with Crippen LogP contribution in [0.1, 0.15) is 53.1 Å². The van der Waals surface area contributed by atoms with Gasteiger partial charge in [-0.1, -0.05) is 23.8 Å². The van der Waals surface area contributed by atoms with Crippen LogP contribution in [-0.4, -0.2) is 28.4 Å². The zero-order valence-corrected chi connectivity index (χ0v) is 19.1. The third-order valence-corrected chi connectivity index (χ3v) is 8.37. The molecule has 0 bridgehead atoms. The molecule has 0 aliphatic heterocycles. The molecule has 5 nitrogen and oxygen atoms in total. The lowest BCUT2D eigenvalue weighted by molar-refractivity contribution is -0.116. The third kappa shape index (κ3) is 4.59. The summed E-state index contributed by atoms with van der Waals surface area (Å²) in [6.45, 7) is 3.74. The first-order valence-corrected chi connectivity index (χ1v) is 12.7. The summed E-state index contributed by atoms with van der Waals surface area (Å²) in [6, 6.07) is 9.34. The van der Waals surface area contributed by atoms with Gasteiger partial charge in [-0.05, 0) is 92.3 Å². The van der Waals surface area contributed by atoms with Crippen LogP contribution in [0.3, 0.4) is 0 Å². The highest BCUT2D eigenvalue weighted by molar-refractivity contribution is 7.94. The Labute approximate surface area is 184 Å². The number of fused-ring (bicyclic) bond motifs is 2. The fourth-order valence-electron chi connectivity index (χ4n) is 4.80. The first-order valence-electron chi connectivity index (χ1n) is 11.0. The van der Waals surface area contributed by atoms with E-state index in [2.05, 4.69) is 10.4 Å². The second-order valence-electron chi connectivity index (χ2n) is 8.44. The molecule has 1 amide bonds. The summed E-state index contributed by atoms with van der Waals surface area (Å²) in [4.78, 5) is 25.7. The number of aryl methyl sites for hydroxylation is 3. The van der Waals surface area contributed by atoms with E-state index in [0.717, 1.165) is 49.7 Å². The van der Waals surface area contributed by atoms with Crippen LogP contribution in [-0.2, 0) is 51.4 Å². The summed E-state index contributed by atoms with van der Waals surface area (Å²) in [5, 5.41) is 0. The summed E-state index contributed by atoms with van der Waals surface area (Å²) in [5.41, 5.74) is 7.53. The number of amides is 1. The molecule has 31 heavy (non-hydrogen) atoms. The molecule has 2 aromatic rings. The highest BCUT2D eigenvalue weighted by atomic mass is 32.2. The topological polar surface area (TPSA) is 72.8 Å². The number of ether oxygens (including phenoxy) is 1. The van der Waals surface area contributed by atoms with E-state index < -0.39 is 15.8 Å². The van der Waals surface area contributed by atoms with Crippen molar-refractivity contribution < 1.29 is 18.5 Å². The summed E-state index contributed by atoms with van der Waals surface area (Å²) in [7, 11) is -3.25. The smallest absolute Gasteiger partial charge is 0.442 e. The highest BCUT2D eigenvalue weighted by Gasteiger charge is 2.27. The minimum atomic E-state index is -3.25. The quantitative estimate of drug-likeness (QED) is 0.650. The molecule has 0 radical (unpaired) electrons. The van der Waals surface area contributed by atoms with Crippen molar-refractivity contribution in [3.05, 3.63) is 63.7 Å². The van der Waals surface area contributed by atoms with Gasteiger partial charge >= 0.3 is 6.09 Å². The molecule has 164 valence electrons. The number of Topliss-reactive ketones (excluding diaryl/α,β-unsaturated/α-hetero) is 1. The third-order valence-electron chi connectivity index (χ3n) is 6.21. The van der Waals surface area contributed by atoms with Crippen molar-refractivity contribution in [1.29, 1.82) is 0 Å². The zero-order valence-electron chi connectivity index (χ0n) is 18.2. The molecule has 0 aromatic heterocycles. The van der Waals surface area contributed by atoms with Gasteiger partial charge in [0.15, 0.2) is 5.78 Å². The van der Waals surface area contributed by atoms with Crippen LogP contribution in [0.15, 0.2) is 39.6 Å². The maximum absolute atomic E-state index is 13.8. The van der Waals surface area contributed by atoms with Crippen molar-refractivity contribution in [1.82, 2.24) is 0 Å². The second-order valence-corrected chi connectivity index (χ2v) is 10.7. The van der Waals surface area contributed by atoms with E-state index in [4.69, 9.17) is 4.74 Å². The Morgan fingerprint density at radius 1 is 1.00 bits per heavy atom. The highest BCUT2D eigenvalue weighted by Crippen LogP contribution is 2.35. The summed E-state index contributed by atoms with van der Waals surface area (Å²) in [5.74, 6) is -0.430. The molecule has 1 unspecified atom stereocenters. The number of hydrogen-bond donors (Lipinski definition) is 0. The van der Waals surface area contributed by atoms with E-state index in [1.807, 2.05) is 19.1 Å². The molecule has 0 saturated carbocycles. The Morgan fingerprint density at radius 3 is 2.19 bits per heavy atom. The fourth-order valence-corrected chi connectivity index (χ4v) is 6.53. The molecule has 2 aliphatic rings. The van der Waals surface area contributed by atoms with Gasteiger partial charge in [0.2, 0.25) is 0 Å². The van der Waals surface area contributed by atoms with Gasteiger partial charge in [-0.25, -0.2) is 9.00 Å². The first-order chi connectivity index (χ1) is 14.9. The predicted octanol–water partition coefficient (Wildman–Crippen LogP) is 4.77.